The Bertz CT molecular complexity index is 1810. The van der Waals surface area contributed by atoms with Crippen molar-refractivity contribution in [1.82, 2.24) is 10.4 Å². The van der Waals surface area contributed by atoms with Crippen molar-refractivity contribution in [3.63, 3.8) is 0 Å². The van der Waals surface area contributed by atoms with E-state index in [2.05, 4.69) is 36.6 Å². The van der Waals surface area contributed by atoms with E-state index in [9.17, 15) is 9.59 Å². The van der Waals surface area contributed by atoms with Crippen LogP contribution < -0.4 is 10.7 Å². The van der Waals surface area contributed by atoms with E-state index in [0.29, 0.717) is 44.1 Å². The van der Waals surface area contributed by atoms with Gasteiger partial charge in [-0.15, -0.1) is 0 Å². The molecule has 0 saturated heterocycles. The lowest BCUT2D eigenvalue weighted by atomic mass is 9.87. The van der Waals surface area contributed by atoms with E-state index in [1.807, 2.05) is 84.9 Å². The molecule has 0 radical (unpaired) electrons. The molecule has 0 fully saturated rings. The van der Waals surface area contributed by atoms with E-state index in [1.165, 1.54) is 0 Å². The van der Waals surface area contributed by atoms with Gasteiger partial charge in [0.1, 0.15) is 0 Å². The summed E-state index contributed by atoms with van der Waals surface area (Å²) < 4.78 is 0. The highest BCUT2D eigenvalue weighted by molar-refractivity contribution is 6.35. The number of nitrogens with one attached hydrogen (secondary N) is 2. The molecule has 2 amide bonds. The second-order valence-corrected chi connectivity index (χ2v) is 11.5. The van der Waals surface area contributed by atoms with Gasteiger partial charge in [0.25, 0.3) is 11.8 Å². The topological polar surface area (TPSA) is 83.4 Å². The molecule has 0 aliphatic heterocycles. The highest BCUT2D eigenvalue weighted by Gasteiger charge is 2.17. The van der Waals surface area contributed by atoms with Gasteiger partial charge in [0.05, 0.1) is 27.5 Å². The van der Waals surface area contributed by atoms with E-state index >= 15 is 0 Å². The van der Waals surface area contributed by atoms with Crippen LogP contribution in [0.15, 0.2) is 108 Å². The predicted molar refractivity (Wildman–Crippen MR) is 171 cm³/mol. The zero-order valence-electron chi connectivity index (χ0n) is 23.9. The first-order valence-electron chi connectivity index (χ1n) is 13.6. The Balaban J connectivity index is 1.35. The maximum Gasteiger partial charge on any atom is 0.272 e. The summed E-state index contributed by atoms with van der Waals surface area (Å²) in [5.74, 6) is -0.586. The largest absolute Gasteiger partial charge is 0.322 e. The van der Waals surface area contributed by atoms with Crippen molar-refractivity contribution in [2.75, 3.05) is 5.32 Å². The number of aromatic nitrogens is 1. The number of carbonyl (C=O) groups excluding carboxylic acids is 2. The van der Waals surface area contributed by atoms with Crippen molar-refractivity contribution >= 4 is 45.7 Å². The van der Waals surface area contributed by atoms with Crippen LogP contribution in [0.5, 0.6) is 0 Å². The molecule has 0 aliphatic rings. The third kappa shape index (κ3) is 6.40. The van der Waals surface area contributed by atoms with Crippen LogP contribution >= 0.6 is 11.6 Å². The summed E-state index contributed by atoms with van der Waals surface area (Å²) >= 11 is 6.46. The Hall–Kier alpha value is -4.81. The minimum atomic E-state index is -0.385. The predicted octanol–water partition coefficient (Wildman–Crippen LogP) is 8.26. The van der Waals surface area contributed by atoms with E-state index in [0.717, 1.165) is 16.7 Å². The van der Waals surface area contributed by atoms with Crippen molar-refractivity contribution in [3.05, 3.63) is 130 Å². The third-order valence-corrected chi connectivity index (χ3v) is 7.29. The molecular formula is C35H31ClN4O2. The van der Waals surface area contributed by atoms with Crippen LogP contribution in [0.1, 0.15) is 59.5 Å². The first-order valence-corrected chi connectivity index (χ1v) is 14.0. The third-order valence-electron chi connectivity index (χ3n) is 6.98. The maximum atomic E-state index is 13.4. The van der Waals surface area contributed by atoms with Crippen LogP contribution in [0.25, 0.3) is 22.2 Å². The molecule has 6 nitrogen and oxygen atoms in total. The van der Waals surface area contributed by atoms with Crippen LogP contribution in [-0.2, 0) is 5.41 Å². The van der Waals surface area contributed by atoms with Gasteiger partial charge in [-0.3, -0.25) is 9.59 Å². The van der Waals surface area contributed by atoms with Crippen molar-refractivity contribution < 1.29 is 9.59 Å². The van der Waals surface area contributed by atoms with Gasteiger partial charge in [0, 0.05) is 22.2 Å². The fourth-order valence-corrected chi connectivity index (χ4v) is 4.78. The van der Waals surface area contributed by atoms with Crippen LogP contribution in [-0.4, -0.2) is 22.5 Å². The van der Waals surface area contributed by atoms with E-state index in [-0.39, 0.29) is 17.2 Å². The quantitative estimate of drug-likeness (QED) is 0.158. The summed E-state index contributed by atoms with van der Waals surface area (Å²) in [6, 6.07) is 31.7. The second kappa shape index (κ2) is 12.0. The van der Waals surface area contributed by atoms with Gasteiger partial charge in [-0.05, 0) is 59.9 Å². The van der Waals surface area contributed by atoms with Crippen molar-refractivity contribution in [2.45, 2.75) is 33.1 Å². The van der Waals surface area contributed by atoms with Crippen LogP contribution in [0.4, 0.5) is 5.69 Å². The molecule has 1 aromatic heterocycles. The lowest BCUT2D eigenvalue weighted by Gasteiger charge is -2.19. The molecule has 2 N–H and O–H groups in total. The SMILES string of the molecule is C/C(=N\NC(=O)c1cc(-c2ccccc2)nc2c(Cl)cccc12)c1cccc(NC(=O)c2ccc(C(C)(C)C)cc2)c1. The lowest BCUT2D eigenvalue weighted by molar-refractivity contribution is 0.0955. The van der Waals surface area contributed by atoms with Gasteiger partial charge < -0.3 is 5.32 Å². The van der Waals surface area contributed by atoms with Crippen LogP contribution in [0.2, 0.25) is 5.02 Å². The number of rotatable bonds is 6. The summed E-state index contributed by atoms with van der Waals surface area (Å²) in [6.07, 6.45) is 0. The Morgan fingerprint density at radius 2 is 1.50 bits per heavy atom. The van der Waals surface area contributed by atoms with E-state index in [1.54, 1.807) is 25.1 Å². The summed E-state index contributed by atoms with van der Waals surface area (Å²) in [6.45, 7) is 8.20. The highest BCUT2D eigenvalue weighted by atomic mass is 35.5. The number of benzene rings is 4. The minimum Gasteiger partial charge on any atom is -0.322 e. The van der Waals surface area contributed by atoms with Gasteiger partial charge in [-0.1, -0.05) is 99.1 Å². The van der Waals surface area contributed by atoms with Gasteiger partial charge in [0.15, 0.2) is 0 Å². The number of para-hydroxylation sites is 1. The Kier molecular flexibility index (Phi) is 8.18. The number of anilines is 1. The molecule has 1 heterocycles. The maximum absolute atomic E-state index is 13.4. The summed E-state index contributed by atoms with van der Waals surface area (Å²) in [7, 11) is 0. The fourth-order valence-electron chi connectivity index (χ4n) is 4.56. The molecule has 4 aromatic carbocycles. The smallest absolute Gasteiger partial charge is 0.272 e. The van der Waals surface area contributed by atoms with Gasteiger partial charge in [-0.25, -0.2) is 10.4 Å². The van der Waals surface area contributed by atoms with Crippen LogP contribution in [0, 0.1) is 0 Å². The molecule has 210 valence electrons. The molecule has 0 spiro atoms. The molecule has 5 rings (SSSR count). The average molecular weight is 575 g/mol. The molecule has 0 aliphatic carbocycles. The lowest BCUT2D eigenvalue weighted by Crippen LogP contribution is -2.20. The first kappa shape index (κ1) is 28.7. The van der Waals surface area contributed by atoms with Gasteiger partial charge >= 0.3 is 0 Å². The fraction of sp³-hybridized carbons (Fsp3) is 0.143. The zero-order chi connectivity index (χ0) is 29.9. The summed E-state index contributed by atoms with van der Waals surface area (Å²) in [4.78, 5) is 31.0. The molecule has 0 atom stereocenters. The number of fused-ring (bicyclic) bond motifs is 1. The molecule has 0 saturated carbocycles. The number of hydrazone groups is 1. The summed E-state index contributed by atoms with van der Waals surface area (Å²) in [5, 5.41) is 8.41. The molecule has 7 heteroatoms. The Morgan fingerprint density at radius 1 is 0.786 bits per heavy atom. The van der Waals surface area contributed by atoms with E-state index in [4.69, 9.17) is 16.6 Å². The van der Waals surface area contributed by atoms with Crippen molar-refractivity contribution in [2.24, 2.45) is 5.10 Å². The number of carbonyl (C=O) groups is 2. The molecule has 0 unspecified atom stereocenters. The second-order valence-electron chi connectivity index (χ2n) is 11.1. The molecular weight excluding hydrogens is 544 g/mol. The Labute approximate surface area is 250 Å². The number of pyridine rings is 1. The standard InChI is InChI=1S/C35H31ClN4O2/c1-22(25-12-8-13-27(20-25)37-33(41)24-16-18-26(19-17-24)35(2,3)4)39-40-34(42)29-21-31(23-10-6-5-7-11-23)38-32-28(29)14-9-15-30(32)36/h5-21H,1-4H3,(H,37,41)(H,40,42)/b39-22+. The monoisotopic (exact) mass is 574 g/mol. The number of nitrogens with zero attached hydrogens (tertiary/aromatic N) is 2. The number of hydrogen-bond acceptors (Lipinski definition) is 4. The number of halogens is 1. The summed E-state index contributed by atoms with van der Waals surface area (Å²) in [5.41, 5.74) is 8.85. The Morgan fingerprint density at radius 3 is 2.21 bits per heavy atom. The van der Waals surface area contributed by atoms with Gasteiger partial charge in [0.2, 0.25) is 0 Å². The van der Waals surface area contributed by atoms with Crippen molar-refractivity contribution in [3.8, 4) is 11.3 Å². The first-order chi connectivity index (χ1) is 20.1. The zero-order valence-corrected chi connectivity index (χ0v) is 24.7. The number of amides is 2. The normalized spacial score (nSPS) is 11.8. The van der Waals surface area contributed by atoms with Crippen LogP contribution in [0.3, 0.4) is 0 Å². The highest BCUT2D eigenvalue weighted by Crippen LogP contribution is 2.29. The molecule has 0 bridgehead atoms. The van der Waals surface area contributed by atoms with Crippen molar-refractivity contribution in [1.29, 1.82) is 0 Å². The average Bonchev–Trinajstić information content (AvgIpc) is 2.99. The minimum absolute atomic E-state index is 0.0113. The molecule has 42 heavy (non-hydrogen) atoms. The van der Waals surface area contributed by atoms with Gasteiger partial charge in [-0.2, -0.15) is 5.10 Å². The number of hydrogen-bond donors (Lipinski definition) is 2. The van der Waals surface area contributed by atoms with E-state index < -0.39 is 0 Å². The molecule has 5 aromatic rings.